The Hall–Kier alpha value is -3.42. The fourth-order valence-corrected chi connectivity index (χ4v) is 4.42. The SMILES string of the molecule is COc1ccc([C@H]2OC(=O)[C@@H]3[C@H](c4ccc(OC)c(OC)c4)OC(=O)[C@]23C)cc1OC. The second-order valence-corrected chi connectivity index (χ2v) is 7.63. The number of methoxy groups -OCH3 is 4. The fraction of sp³-hybridized carbons (Fsp3) is 0.391. The van der Waals surface area contributed by atoms with Gasteiger partial charge in [-0.2, -0.15) is 0 Å². The number of rotatable bonds is 6. The number of ether oxygens (including phenoxy) is 6. The van der Waals surface area contributed by atoms with Crippen LogP contribution in [0.1, 0.15) is 30.3 Å². The lowest BCUT2D eigenvalue weighted by Crippen LogP contribution is -2.32. The molecule has 31 heavy (non-hydrogen) atoms. The van der Waals surface area contributed by atoms with Gasteiger partial charge in [-0.05, 0) is 42.3 Å². The topological polar surface area (TPSA) is 89.5 Å². The highest BCUT2D eigenvalue weighted by Gasteiger charge is 2.68. The molecule has 2 fully saturated rings. The molecule has 0 spiro atoms. The van der Waals surface area contributed by atoms with E-state index in [1.165, 1.54) is 28.4 Å². The van der Waals surface area contributed by atoms with Gasteiger partial charge in [-0.3, -0.25) is 9.59 Å². The van der Waals surface area contributed by atoms with Crippen LogP contribution < -0.4 is 18.9 Å². The molecule has 0 aliphatic carbocycles. The molecule has 8 nitrogen and oxygen atoms in total. The van der Waals surface area contributed by atoms with Crippen LogP contribution in [0.25, 0.3) is 0 Å². The van der Waals surface area contributed by atoms with E-state index in [0.29, 0.717) is 34.1 Å². The van der Waals surface area contributed by atoms with Gasteiger partial charge in [0.15, 0.2) is 23.0 Å². The van der Waals surface area contributed by atoms with Crippen molar-refractivity contribution in [2.45, 2.75) is 19.1 Å². The number of carbonyl (C=O) groups is 2. The van der Waals surface area contributed by atoms with E-state index < -0.39 is 35.5 Å². The molecule has 164 valence electrons. The quantitative estimate of drug-likeness (QED) is 0.648. The van der Waals surface area contributed by atoms with Crippen molar-refractivity contribution in [2.24, 2.45) is 11.3 Å². The van der Waals surface area contributed by atoms with E-state index in [1.807, 2.05) is 0 Å². The Labute approximate surface area is 179 Å². The minimum absolute atomic E-state index is 0.478. The first-order valence-corrected chi connectivity index (χ1v) is 9.74. The summed E-state index contributed by atoms with van der Waals surface area (Å²) in [7, 11) is 6.10. The Morgan fingerprint density at radius 1 is 0.742 bits per heavy atom. The number of carbonyl (C=O) groups excluding carboxylic acids is 2. The molecule has 2 heterocycles. The molecule has 2 aromatic rings. The maximum Gasteiger partial charge on any atom is 0.317 e. The van der Waals surface area contributed by atoms with Crippen molar-refractivity contribution < 1.29 is 38.0 Å². The Morgan fingerprint density at radius 2 is 1.26 bits per heavy atom. The van der Waals surface area contributed by atoms with Gasteiger partial charge in [0.05, 0.1) is 28.4 Å². The maximum absolute atomic E-state index is 13.1. The fourth-order valence-electron chi connectivity index (χ4n) is 4.42. The summed E-state index contributed by atoms with van der Waals surface area (Å²) in [4.78, 5) is 26.0. The molecule has 0 aromatic heterocycles. The highest BCUT2D eigenvalue weighted by Crippen LogP contribution is 2.60. The maximum atomic E-state index is 13.1. The second-order valence-electron chi connectivity index (χ2n) is 7.63. The van der Waals surface area contributed by atoms with Gasteiger partial charge < -0.3 is 28.4 Å². The van der Waals surface area contributed by atoms with E-state index >= 15 is 0 Å². The molecular formula is C23H24O8. The average molecular weight is 428 g/mol. The van der Waals surface area contributed by atoms with Crippen LogP contribution >= 0.6 is 0 Å². The molecule has 0 N–H and O–H groups in total. The lowest BCUT2D eigenvalue weighted by Gasteiger charge is -2.24. The number of benzene rings is 2. The van der Waals surface area contributed by atoms with Gasteiger partial charge in [0.2, 0.25) is 0 Å². The molecule has 4 atom stereocenters. The van der Waals surface area contributed by atoms with Gasteiger partial charge in [0.1, 0.15) is 23.5 Å². The van der Waals surface area contributed by atoms with Crippen LogP contribution in [0.4, 0.5) is 0 Å². The molecule has 2 aliphatic rings. The van der Waals surface area contributed by atoms with Crippen LogP contribution in [0, 0.1) is 11.3 Å². The van der Waals surface area contributed by atoms with Crippen LogP contribution in [0.3, 0.4) is 0 Å². The minimum Gasteiger partial charge on any atom is -0.493 e. The van der Waals surface area contributed by atoms with E-state index in [-0.39, 0.29) is 0 Å². The van der Waals surface area contributed by atoms with Gasteiger partial charge in [-0.1, -0.05) is 12.1 Å². The van der Waals surface area contributed by atoms with Gasteiger partial charge in [-0.15, -0.1) is 0 Å². The van der Waals surface area contributed by atoms with Crippen molar-refractivity contribution in [1.29, 1.82) is 0 Å². The van der Waals surface area contributed by atoms with Crippen molar-refractivity contribution in [3.8, 4) is 23.0 Å². The molecular weight excluding hydrogens is 404 g/mol. The van der Waals surface area contributed by atoms with Gasteiger partial charge in [-0.25, -0.2) is 0 Å². The van der Waals surface area contributed by atoms with E-state index in [9.17, 15) is 9.59 Å². The van der Waals surface area contributed by atoms with Crippen LogP contribution in [-0.2, 0) is 19.1 Å². The van der Waals surface area contributed by atoms with Crippen molar-refractivity contribution in [2.75, 3.05) is 28.4 Å². The summed E-state index contributed by atoms with van der Waals surface area (Å²) in [5, 5.41) is 0. The van der Waals surface area contributed by atoms with E-state index in [1.54, 1.807) is 43.3 Å². The first kappa shape index (κ1) is 20.8. The first-order valence-electron chi connectivity index (χ1n) is 9.74. The molecule has 0 bridgehead atoms. The van der Waals surface area contributed by atoms with E-state index in [4.69, 9.17) is 28.4 Å². The summed E-state index contributed by atoms with van der Waals surface area (Å²) < 4.78 is 32.7. The smallest absolute Gasteiger partial charge is 0.317 e. The van der Waals surface area contributed by atoms with Crippen molar-refractivity contribution in [1.82, 2.24) is 0 Å². The number of cyclic esters (lactones) is 2. The third-order valence-electron chi connectivity index (χ3n) is 6.10. The Balaban J connectivity index is 1.74. The molecule has 2 saturated heterocycles. The molecule has 4 rings (SSSR count). The molecule has 2 aliphatic heterocycles. The normalized spacial score (nSPS) is 26.7. The zero-order valence-corrected chi connectivity index (χ0v) is 18.0. The summed E-state index contributed by atoms with van der Waals surface area (Å²) in [5.74, 6) is 0.232. The monoisotopic (exact) mass is 428 g/mol. The highest BCUT2D eigenvalue weighted by molar-refractivity contribution is 5.92. The zero-order chi connectivity index (χ0) is 22.3. The summed E-state index contributed by atoms with van der Waals surface area (Å²) >= 11 is 0. The second kappa shape index (κ2) is 7.68. The lowest BCUT2D eigenvalue weighted by molar-refractivity contribution is -0.158. The summed E-state index contributed by atoms with van der Waals surface area (Å²) in [6, 6.07) is 10.3. The van der Waals surface area contributed by atoms with Crippen LogP contribution in [0.5, 0.6) is 23.0 Å². The number of hydrogen-bond acceptors (Lipinski definition) is 8. The Morgan fingerprint density at radius 3 is 1.81 bits per heavy atom. The first-order chi connectivity index (χ1) is 14.9. The van der Waals surface area contributed by atoms with E-state index in [2.05, 4.69) is 0 Å². The minimum atomic E-state index is -1.20. The molecule has 0 saturated carbocycles. The van der Waals surface area contributed by atoms with Gasteiger partial charge in [0, 0.05) is 0 Å². The lowest BCUT2D eigenvalue weighted by atomic mass is 9.71. The molecule has 2 aromatic carbocycles. The van der Waals surface area contributed by atoms with Gasteiger partial charge >= 0.3 is 11.9 Å². The van der Waals surface area contributed by atoms with Crippen molar-refractivity contribution in [3.63, 3.8) is 0 Å². The number of hydrogen-bond donors (Lipinski definition) is 0. The molecule has 0 amide bonds. The average Bonchev–Trinajstić information content (AvgIpc) is 3.22. The van der Waals surface area contributed by atoms with Crippen molar-refractivity contribution in [3.05, 3.63) is 47.5 Å². The zero-order valence-electron chi connectivity index (χ0n) is 18.0. The third kappa shape index (κ3) is 3.05. The van der Waals surface area contributed by atoms with Crippen molar-refractivity contribution >= 4 is 11.9 Å². The van der Waals surface area contributed by atoms with Crippen LogP contribution in [-0.4, -0.2) is 40.4 Å². The van der Waals surface area contributed by atoms with Crippen LogP contribution in [0.15, 0.2) is 36.4 Å². The summed E-state index contributed by atoms with van der Waals surface area (Å²) in [6.45, 7) is 1.70. The third-order valence-corrected chi connectivity index (χ3v) is 6.10. The predicted molar refractivity (Wildman–Crippen MR) is 108 cm³/mol. The Bertz CT molecular complexity index is 1030. The summed E-state index contributed by atoms with van der Waals surface area (Å²) in [6.07, 6.45) is -1.61. The standard InChI is InChI=1S/C23H24O8/c1-23-18(19(30-22(23)25)12-6-8-14(26-2)16(10-12)28-4)21(24)31-20(23)13-7-9-15(27-3)17(11-13)29-5/h6-11,18-20H,1-5H3/t18-,19-,20+,23-/m0/s1. The highest BCUT2D eigenvalue weighted by atomic mass is 16.6. The summed E-state index contributed by atoms with van der Waals surface area (Å²) in [5.41, 5.74) is 0.0552. The van der Waals surface area contributed by atoms with Crippen LogP contribution in [0.2, 0.25) is 0 Å². The van der Waals surface area contributed by atoms with E-state index in [0.717, 1.165) is 0 Å². The van der Waals surface area contributed by atoms with Gasteiger partial charge in [0.25, 0.3) is 0 Å². The number of fused-ring (bicyclic) bond motifs is 1. The molecule has 0 unspecified atom stereocenters. The number of esters is 2. The predicted octanol–water partition coefficient (Wildman–Crippen LogP) is 3.24. The largest absolute Gasteiger partial charge is 0.493 e. The molecule has 0 radical (unpaired) electrons. The Kier molecular flexibility index (Phi) is 5.16. The molecule has 8 heteroatoms.